The molecule has 1 saturated carbocycles. The lowest BCUT2D eigenvalue weighted by Crippen LogP contribution is -2.05. The number of aromatic nitrogens is 2. The van der Waals surface area contributed by atoms with Crippen molar-refractivity contribution >= 4 is 5.97 Å². The number of rotatable bonds is 4. The molecule has 0 unspecified atom stereocenters. The van der Waals surface area contributed by atoms with Gasteiger partial charge in [0.25, 0.3) is 0 Å². The van der Waals surface area contributed by atoms with Crippen LogP contribution in [0.3, 0.4) is 0 Å². The second-order valence-electron chi connectivity index (χ2n) is 3.48. The van der Waals surface area contributed by atoms with Gasteiger partial charge in [0, 0.05) is 6.20 Å². The summed E-state index contributed by atoms with van der Waals surface area (Å²) < 4.78 is 11.7. The molecule has 1 aliphatic carbocycles. The van der Waals surface area contributed by atoms with Crippen LogP contribution >= 0.6 is 0 Å². The number of carbonyl (C=O) groups is 1. The first-order valence-electron chi connectivity index (χ1n) is 5.06. The van der Waals surface area contributed by atoms with Gasteiger partial charge in [0.2, 0.25) is 5.88 Å². The molecule has 1 heterocycles. The Labute approximate surface area is 88.0 Å². The molecular formula is C10H14N2O3. The number of hydrogen-bond donors (Lipinski definition) is 0. The lowest BCUT2D eigenvalue weighted by atomic mass is 10.3. The molecular weight excluding hydrogens is 196 g/mol. The molecule has 1 fully saturated rings. The van der Waals surface area contributed by atoms with E-state index in [2.05, 4.69) is 5.10 Å². The summed E-state index contributed by atoms with van der Waals surface area (Å²) in [5.74, 6) is -0.0263. The molecule has 1 aromatic heterocycles. The summed E-state index contributed by atoms with van der Waals surface area (Å²) in [5.41, 5.74) is 0.409. The third-order valence-corrected chi connectivity index (χ3v) is 2.31. The zero-order chi connectivity index (χ0) is 10.8. The quantitative estimate of drug-likeness (QED) is 0.705. The summed E-state index contributed by atoms with van der Waals surface area (Å²) in [4.78, 5) is 11.5. The molecule has 1 aromatic rings. The van der Waals surface area contributed by atoms with Crippen molar-refractivity contribution in [2.24, 2.45) is 0 Å². The molecule has 2 rings (SSSR count). The number of methoxy groups -OCH3 is 1. The highest BCUT2D eigenvalue weighted by Gasteiger charge is 2.28. The fraction of sp³-hybridized carbons (Fsp3) is 0.600. The van der Waals surface area contributed by atoms with Gasteiger partial charge < -0.3 is 9.47 Å². The molecule has 5 heteroatoms. The van der Waals surface area contributed by atoms with Gasteiger partial charge in [0.05, 0.1) is 19.8 Å². The Kier molecular flexibility index (Phi) is 2.62. The van der Waals surface area contributed by atoms with Gasteiger partial charge in [-0.25, -0.2) is 4.79 Å². The molecule has 0 spiro atoms. The van der Waals surface area contributed by atoms with E-state index in [1.165, 1.54) is 7.11 Å². The van der Waals surface area contributed by atoms with Gasteiger partial charge in [-0.05, 0) is 19.8 Å². The Bertz CT molecular complexity index is 369. The van der Waals surface area contributed by atoms with Crippen LogP contribution in [0.25, 0.3) is 0 Å². The van der Waals surface area contributed by atoms with E-state index in [9.17, 15) is 4.79 Å². The summed E-state index contributed by atoms with van der Waals surface area (Å²) in [7, 11) is 1.50. The van der Waals surface area contributed by atoms with Gasteiger partial charge >= 0.3 is 5.97 Å². The first-order valence-corrected chi connectivity index (χ1v) is 5.06. The average Bonchev–Trinajstić information content (AvgIpc) is 2.98. The van der Waals surface area contributed by atoms with Crippen molar-refractivity contribution in [3.8, 4) is 5.88 Å². The molecule has 82 valence electrons. The Hall–Kier alpha value is -1.52. The second kappa shape index (κ2) is 3.92. The zero-order valence-electron chi connectivity index (χ0n) is 8.90. The number of ether oxygens (including phenoxy) is 2. The summed E-state index contributed by atoms with van der Waals surface area (Å²) in [6.07, 6.45) is 3.94. The third kappa shape index (κ3) is 1.95. The Balaban J connectivity index is 2.23. The largest absolute Gasteiger partial charge is 0.479 e. The van der Waals surface area contributed by atoms with Gasteiger partial charge in [0.15, 0.2) is 0 Å². The molecule has 5 nitrogen and oxygen atoms in total. The molecule has 0 amide bonds. The van der Waals surface area contributed by atoms with E-state index in [0.717, 1.165) is 12.8 Å². The normalized spacial score (nSPS) is 15.1. The van der Waals surface area contributed by atoms with Crippen LogP contribution in [0.15, 0.2) is 6.20 Å². The van der Waals surface area contributed by atoms with Gasteiger partial charge in [-0.1, -0.05) is 0 Å². The Morgan fingerprint density at radius 3 is 2.93 bits per heavy atom. The number of carbonyl (C=O) groups excluding carboxylic acids is 1. The van der Waals surface area contributed by atoms with Crippen molar-refractivity contribution in [2.75, 3.05) is 13.7 Å². The van der Waals surface area contributed by atoms with Crippen LogP contribution in [-0.4, -0.2) is 29.5 Å². The van der Waals surface area contributed by atoms with E-state index >= 15 is 0 Å². The molecule has 0 saturated heterocycles. The van der Waals surface area contributed by atoms with Gasteiger partial charge in [-0.2, -0.15) is 0 Å². The maximum absolute atomic E-state index is 11.5. The lowest BCUT2D eigenvalue weighted by molar-refractivity contribution is 0.0522. The maximum Gasteiger partial charge on any atom is 0.345 e. The van der Waals surface area contributed by atoms with Crippen LogP contribution in [-0.2, 0) is 4.74 Å². The van der Waals surface area contributed by atoms with Gasteiger partial charge in [-0.15, -0.1) is 5.10 Å². The molecule has 0 N–H and O–H groups in total. The monoisotopic (exact) mass is 210 g/mol. The van der Waals surface area contributed by atoms with Crippen LogP contribution in [0, 0.1) is 0 Å². The number of nitrogens with zero attached hydrogens (tertiary/aromatic N) is 2. The smallest absolute Gasteiger partial charge is 0.345 e. The number of hydrogen-bond acceptors (Lipinski definition) is 4. The molecule has 1 aliphatic rings. The molecule has 0 atom stereocenters. The van der Waals surface area contributed by atoms with E-state index in [-0.39, 0.29) is 5.97 Å². The van der Waals surface area contributed by atoms with Crippen molar-refractivity contribution in [1.29, 1.82) is 0 Å². The highest BCUT2D eigenvalue weighted by Crippen LogP contribution is 2.35. The second-order valence-corrected chi connectivity index (χ2v) is 3.48. The fourth-order valence-corrected chi connectivity index (χ4v) is 1.40. The average molecular weight is 210 g/mol. The highest BCUT2D eigenvalue weighted by atomic mass is 16.5. The van der Waals surface area contributed by atoms with Crippen molar-refractivity contribution in [1.82, 2.24) is 9.78 Å². The highest BCUT2D eigenvalue weighted by molar-refractivity contribution is 5.91. The minimum absolute atomic E-state index is 0.348. The van der Waals surface area contributed by atoms with Gasteiger partial charge in [0.1, 0.15) is 5.56 Å². The van der Waals surface area contributed by atoms with Crippen LogP contribution in [0.4, 0.5) is 0 Å². The standard InChI is InChI=1S/C10H14N2O3/c1-3-15-10(13)8-6-12(7-4-5-7)11-9(8)14-2/h6-7H,3-5H2,1-2H3. The zero-order valence-corrected chi connectivity index (χ0v) is 8.90. The van der Waals surface area contributed by atoms with E-state index in [0.29, 0.717) is 24.1 Å². The van der Waals surface area contributed by atoms with Crippen molar-refractivity contribution in [3.63, 3.8) is 0 Å². The van der Waals surface area contributed by atoms with Crippen molar-refractivity contribution in [3.05, 3.63) is 11.8 Å². The summed E-state index contributed by atoms with van der Waals surface area (Å²) >= 11 is 0. The summed E-state index contributed by atoms with van der Waals surface area (Å²) in [6, 6.07) is 0.432. The van der Waals surface area contributed by atoms with Crippen LogP contribution < -0.4 is 4.74 Å². The predicted octanol–water partition coefficient (Wildman–Crippen LogP) is 1.40. The maximum atomic E-state index is 11.5. The summed E-state index contributed by atoms with van der Waals surface area (Å²) in [6.45, 7) is 2.13. The van der Waals surface area contributed by atoms with E-state index < -0.39 is 0 Å². The fourth-order valence-electron chi connectivity index (χ4n) is 1.40. The van der Waals surface area contributed by atoms with Crippen LogP contribution in [0.2, 0.25) is 0 Å². The van der Waals surface area contributed by atoms with E-state index in [1.807, 2.05) is 0 Å². The van der Waals surface area contributed by atoms with Crippen LogP contribution in [0.5, 0.6) is 5.88 Å². The van der Waals surface area contributed by atoms with E-state index in [4.69, 9.17) is 9.47 Å². The van der Waals surface area contributed by atoms with Crippen molar-refractivity contribution < 1.29 is 14.3 Å². The third-order valence-electron chi connectivity index (χ3n) is 2.31. The molecule has 0 aromatic carbocycles. The SMILES string of the molecule is CCOC(=O)c1cn(C2CC2)nc1OC. The molecule has 0 aliphatic heterocycles. The number of esters is 1. The topological polar surface area (TPSA) is 53.4 Å². The lowest BCUT2D eigenvalue weighted by Gasteiger charge is -1.99. The molecule has 15 heavy (non-hydrogen) atoms. The van der Waals surface area contributed by atoms with Crippen LogP contribution in [0.1, 0.15) is 36.2 Å². The minimum atomic E-state index is -0.374. The predicted molar refractivity (Wildman–Crippen MR) is 53.0 cm³/mol. The van der Waals surface area contributed by atoms with E-state index in [1.54, 1.807) is 17.8 Å². The van der Waals surface area contributed by atoms with Crippen molar-refractivity contribution in [2.45, 2.75) is 25.8 Å². The van der Waals surface area contributed by atoms with Gasteiger partial charge in [-0.3, -0.25) is 4.68 Å². The summed E-state index contributed by atoms with van der Waals surface area (Å²) in [5, 5.41) is 4.19. The Morgan fingerprint density at radius 2 is 2.40 bits per heavy atom. The minimum Gasteiger partial charge on any atom is -0.479 e. The molecule has 0 radical (unpaired) electrons. The first kappa shape index (κ1) is 10.0. The molecule has 0 bridgehead atoms. The Morgan fingerprint density at radius 1 is 1.67 bits per heavy atom. The first-order chi connectivity index (χ1) is 7.26.